The van der Waals surface area contributed by atoms with Gasteiger partial charge in [0.15, 0.2) is 0 Å². The molecule has 1 aromatic heterocycles. The molecule has 0 atom stereocenters. The smallest absolute Gasteiger partial charge is 0.275 e. The Balaban J connectivity index is 1.72. The van der Waals surface area contributed by atoms with Gasteiger partial charge >= 0.3 is 0 Å². The Labute approximate surface area is 151 Å². The minimum atomic E-state index is -0.292. The summed E-state index contributed by atoms with van der Waals surface area (Å²) < 4.78 is 0. The topological polar surface area (TPSA) is 66.9 Å². The van der Waals surface area contributed by atoms with Gasteiger partial charge in [-0.2, -0.15) is 0 Å². The van der Waals surface area contributed by atoms with Crippen molar-refractivity contribution < 1.29 is 4.79 Å². The van der Waals surface area contributed by atoms with Gasteiger partial charge in [0.1, 0.15) is 11.5 Å². The molecule has 0 unspecified atom stereocenters. The van der Waals surface area contributed by atoms with E-state index in [9.17, 15) is 4.79 Å². The fraction of sp³-hybridized carbons (Fsp3) is 0.105. The van der Waals surface area contributed by atoms with Crippen LogP contribution >= 0.6 is 11.6 Å². The fourth-order valence-corrected chi connectivity index (χ4v) is 2.60. The lowest BCUT2D eigenvalue weighted by Gasteiger charge is -2.11. The standard InChI is InChI=1S/C19H17ClN4O/c1-12-5-3-6-13(2)18(12)24-19(25)16-10-22-17(11-21-16)23-15-8-4-7-14(20)9-15/h3-11H,1-2H3,(H,22,23)(H,24,25). The maximum Gasteiger partial charge on any atom is 0.275 e. The molecule has 5 nitrogen and oxygen atoms in total. The number of carbonyl (C=O) groups is 1. The van der Waals surface area contributed by atoms with Crippen molar-refractivity contribution >= 4 is 34.7 Å². The number of hydrogen-bond donors (Lipinski definition) is 2. The summed E-state index contributed by atoms with van der Waals surface area (Å²) in [6.45, 7) is 3.90. The molecular formula is C19H17ClN4O. The van der Waals surface area contributed by atoms with Crippen LogP contribution in [0.3, 0.4) is 0 Å². The third-order valence-electron chi connectivity index (χ3n) is 3.70. The Kier molecular flexibility index (Phi) is 4.95. The van der Waals surface area contributed by atoms with Gasteiger partial charge in [-0.05, 0) is 43.2 Å². The van der Waals surface area contributed by atoms with Crippen molar-refractivity contribution in [2.45, 2.75) is 13.8 Å². The third kappa shape index (κ3) is 4.14. The molecule has 0 aliphatic rings. The summed E-state index contributed by atoms with van der Waals surface area (Å²) >= 11 is 5.95. The second kappa shape index (κ2) is 7.32. The van der Waals surface area contributed by atoms with Gasteiger partial charge in [0.25, 0.3) is 5.91 Å². The average Bonchev–Trinajstić information content (AvgIpc) is 2.59. The quantitative estimate of drug-likeness (QED) is 0.711. The van der Waals surface area contributed by atoms with E-state index in [0.29, 0.717) is 10.8 Å². The number of para-hydroxylation sites is 1. The van der Waals surface area contributed by atoms with Gasteiger partial charge in [-0.15, -0.1) is 0 Å². The van der Waals surface area contributed by atoms with Crippen molar-refractivity contribution in [3.05, 3.63) is 76.7 Å². The van der Waals surface area contributed by atoms with Crippen molar-refractivity contribution in [3.63, 3.8) is 0 Å². The highest BCUT2D eigenvalue weighted by Crippen LogP contribution is 2.21. The van der Waals surface area contributed by atoms with Crippen LogP contribution in [-0.2, 0) is 0 Å². The second-order valence-electron chi connectivity index (χ2n) is 5.64. The van der Waals surface area contributed by atoms with Crippen LogP contribution in [-0.4, -0.2) is 15.9 Å². The van der Waals surface area contributed by atoms with Gasteiger partial charge in [-0.1, -0.05) is 35.9 Å². The van der Waals surface area contributed by atoms with Crippen molar-refractivity contribution in [1.29, 1.82) is 0 Å². The van der Waals surface area contributed by atoms with Crippen LogP contribution in [0.4, 0.5) is 17.2 Å². The van der Waals surface area contributed by atoms with Crippen LogP contribution < -0.4 is 10.6 Å². The lowest BCUT2D eigenvalue weighted by atomic mass is 10.1. The summed E-state index contributed by atoms with van der Waals surface area (Å²) in [6.07, 6.45) is 2.95. The van der Waals surface area contributed by atoms with Crippen LogP contribution in [0, 0.1) is 13.8 Å². The summed E-state index contributed by atoms with van der Waals surface area (Å²) in [4.78, 5) is 20.8. The van der Waals surface area contributed by atoms with E-state index in [4.69, 9.17) is 11.6 Å². The number of halogens is 1. The Morgan fingerprint density at radius 2 is 1.72 bits per heavy atom. The number of nitrogens with one attached hydrogen (secondary N) is 2. The largest absolute Gasteiger partial charge is 0.339 e. The van der Waals surface area contributed by atoms with E-state index >= 15 is 0 Å². The number of rotatable bonds is 4. The molecule has 0 aliphatic carbocycles. The molecule has 2 N–H and O–H groups in total. The highest BCUT2D eigenvalue weighted by atomic mass is 35.5. The first kappa shape index (κ1) is 16.9. The summed E-state index contributed by atoms with van der Waals surface area (Å²) in [5.74, 6) is 0.241. The lowest BCUT2D eigenvalue weighted by Crippen LogP contribution is -2.15. The van der Waals surface area contributed by atoms with E-state index in [-0.39, 0.29) is 11.6 Å². The number of aryl methyl sites for hydroxylation is 2. The molecule has 0 spiro atoms. The number of carbonyl (C=O) groups excluding carboxylic acids is 1. The minimum Gasteiger partial charge on any atom is -0.339 e. The first-order valence-corrected chi connectivity index (χ1v) is 8.13. The van der Waals surface area contributed by atoms with E-state index in [0.717, 1.165) is 22.5 Å². The van der Waals surface area contributed by atoms with Crippen LogP contribution in [0.1, 0.15) is 21.6 Å². The fourth-order valence-electron chi connectivity index (χ4n) is 2.41. The number of nitrogens with zero attached hydrogens (tertiary/aromatic N) is 2. The number of anilines is 3. The van der Waals surface area contributed by atoms with Gasteiger partial charge in [-0.3, -0.25) is 4.79 Å². The monoisotopic (exact) mass is 352 g/mol. The molecule has 3 aromatic rings. The van der Waals surface area contributed by atoms with Crippen molar-refractivity contribution in [3.8, 4) is 0 Å². The molecule has 6 heteroatoms. The summed E-state index contributed by atoms with van der Waals surface area (Å²) in [7, 11) is 0. The molecule has 3 rings (SSSR count). The Morgan fingerprint density at radius 1 is 1.00 bits per heavy atom. The van der Waals surface area contributed by atoms with Gasteiger partial charge in [-0.25, -0.2) is 9.97 Å². The number of amides is 1. The van der Waals surface area contributed by atoms with Crippen LogP contribution in [0.25, 0.3) is 0 Å². The molecule has 0 radical (unpaired) electrons. The molecule has 0 aliphatic heterocycles. The third-order valence-corrected chi connectivity index (χ3v) is 3.94. The molecule has 0 fully saturated rings. The summed E-state index contributed by atoms with van der Waals surface area (Å²) in [6, 6.07) is 13.1. The number of benzene rings is 2. The SMILES string of the molecule is Cc1cccc(C)c1NC(=O)c1cnc(Nc2cccc(Cl)c2)cn1. The average molecular weight is 353 g/mol. The lowest BCUT2D eigenvalue weighted by molar-refractivity contribution is 0.102. The van der Waals surface area contributed by atoms with Crippen LogP contribution in [0.5, 0.6) is 0 Å². The van der Waals surface area contributed by atoms with E-state index in [1.54, 1.807) is 12.1 Å². The summed E-state index contributed by atoms with van der Waals surface area (Å²) in [5, 5.41) is 6.61. The molecule has 2 aromatic carbocycles. The first-order chi connectivity index (χ1) is 12.0. The summed E-state index contributed by atoms with van der Waals surface area (Å²) in [5.41, 5.74) is 3.85. The maximum atomic E-state index is 12.4. The zero-order valence-corrected chi connectivity index (χ0v) is 14.6. The highest BCUT2D eigenvalue weighted by molar-refractivity contribution is 6.30. The molecule has 126 valence electrons. The maximum absolute atomic E-state index is 12.4. The Morgan fingerprint density at radius 3 is 2.36 bits per heavy atom. The Bertz CT molecular complexity index is 889. The predicted molar refractivity (Wildman–Crippen MR) is 101 cm³/mol. The molecule has 0 bridgehead atoms. The van der Waals surface area contributed by atoms with E-state index in [2.05, 4.69) is 20.6 Å². The van der Waals surface area contributed by atoms with Crippen molar-refractivity contribution in [2.75, 3.05) is 10.6 Å². The number of aromatic nitrogens is 2. The molecule has 0 saturated heterocycles. The minimum absolute atomic E-state index is 0.249. The van der Waals surface area contributed by atoms with Crippen molar-refractivity contribution in [1.82, 2.24) is 9.97 Å². The van der Waals surface area contributed by atoms with Crippen LogP contribution in [0.2, 0.25) is 5.02 Å². The zero-order chi connectivity index (χ0) is 17.8. The molecule has 0 saturated carbocycles. The van der Waals surface area contributed by atoms with Gasteiger partial charge in [0.05, 0.1) is 12.4 Å². The van der Waals surface area contributed by atoms with Crippen molar-refractivity contribution in [2.24, 2.45) is 0 Å². The highest BCUT2D eigenvalue weighted by Gasteiger charge is 2.11. The van der Waals surface area contributed by atoms with Gasteiger partial charge < -0.3 is 10.6 Å². The van der Waals surface area contributed by atoms with E-state index in [1.165, 1.54) is 12.4 Å². The molecular weight excluding hydrogens is 336 g/mol. The molecule has 1 amide bonds. The molecule has 1 heterocycles. The second-order valence-corrected chi connectivity index (χ2v) is 6.08. The number of hydrogen-bond acceptors (Lipinski definition) is 4. The van der Waals surface area contributed by atoms with Gasteiger partial charge in [0, 0.05) is 16.4 Å². The van der Waals surface area contributed by atoms with E-state index in [1.807, 2.05) is 44.2 Å². The predicted octanol–water partition coefficient (Wildman–Crippen LogP) is 4.74. The Hall–Kier alpha value is -2.92. The normalized spacial score (nSPS) is 10.4. The zero-order valence-electron chi connectivity index (χ0n) is 13.9. The van der Waals surface area contributed by atoms with Gasteiger partial charge in [0.2, 0.25) is 0 Å². The van der Waals surface area contributed by atoms with Crippen LogP contribution in [0.15, 0.2) is 54.9 Å². The first-order valence-electron chi connectivity index (χ1n) is 7.75. The van der Waals surface area contributed by atoms with E-state index < -0.39 is 0 Å². The molecule has 25 heavy (non-hydrogen) atoms.